The maximum atomic E-state index is 5.88. The van der Waals surface area contributed by atoms with E-state index in [1.165, 1.54) is 16.7 Å². The fourth-order valence-corrected chi connectivity index (χ4v) is 2.04. The van der Waals surface area contributed by atoms with Gasteiger partial charge in [-0.15, -0.1) is 24.0 Å². The fourth-order valence-electron chi connectivity index (χ4n) is 2.04. The van der Waals surface area contributed by atoms with Gasteiger partial charge in [0.1, 0.15) is 12.4 Å². The molecule has 0 fully saturated rings. The van der Waals surface area contributed by atoms with Gasteiger partial charge in [-0.2, -0.15) is 0 Å². The van der Waals surface area contributed by atoms with Crippen molar-refractivity contribution >= 4 is 35.6 Å². The molecule has 0 amide bonds. The lowest BCUT2D eigenvalue weighted by Gasteiger charge is -2.08. The highest BCUT2D eigenvalue weighted by molar-refractivity contribution is 14.0. The SMILES string of the molecule is Cc1cccc(OCCN=C(N)Nc2ccc(C)c(C)c2)c1.I. The average Bonchev–Trinajstić information content (AvgIpc) is 2.48. The van der Waals surface area contributed by atoms with Crippen molar-refractivity contribution in [3.05, 3.63) is 59.2 Å². The molecule has 0 spiro atoms. The van der Waals surface area contributed by atoms with Crippen LogP contribution in [0.3, 0.4) is 0 Å². The van der Waals surface area contributed by atoms with Gasteiger partial charge in [-0.3, -0.25) is 0 Å². The number of hydrogen-bond acceptors (Lipinski definition) is 2. The van der Waals surface area contributed by atoms with Gasteiger partial charge in [0.05, 0.1) is 6.54 Å². The Morgan fingerprint density at radius 1 is 1.09 bits per heavy atom. The Morgan fingerprint density at radius 3 is 2.57 bits per heavy atom. The lowest BCUT2D eigenvalue weighted by Crippen LogP contribution is -2.23. The van der Waals surface area contributed by atoms with Crippen molar-refractivity contribution in [3.8, 4) is 5.75 Å². The summed E-state index contributed by atoms with van der Waals surface area (Å²) in [6.07, 6.45) is 0. The Balaban J connectivity index is 0.00000264. The number of guanidine groups is 1. The second-order valence-corrected chi connectivity index (χ2v) is 5.36. The second kappa shape index (κ2) is 9.39. The minimum absolute atomic E-state index is 0. The van der Waals surface area contributed by atoms with Gasteiger partial charge in [0, 0.05) is 5.69 Å². The topological polar surface area (TPSA) is 59.6 Å². The number of nitrogens with two attached hydrogens (primary N) is 1. The van der Waals surface area contributed by atoms with Crippen molar-refractivity contribution in [2.24, 2.45) is 10.7 Å². The molecule has 0 bridgehead atoms. The van der Waals surface area contributed by atoms with Crippen molar-refractivity contribution in [1.82, 2.24) is 0 Å². The number of aryl methyl sites for hydroxylation is 3. The van der Waals surface area contributed by atoms with Crippen LogP contribution < -0.4 is 15.8 Å². The summed E-state index contributed by atoms with van der Waals surface area (Å²) in [5.41, 5.74) is 10.5. The minimum atomic E-state index is 0. The number of anilines is 1. The Labute approximate surface area is 155 Å². The number of benzene rings is 2. The maximum Gasteiger partial charge on any atom is 0.193 e. The van der Waals surface area contributed by atoms with E-state index in [0.717, 1.165) is 11.4 Å². The van der Waals surface area contributed by atoms with Gasteiger partial charge in [-0.1, -0.05) is 18.2 Å². The molecule has 0 saturated carbocycles. The second-order valence-electron chi connectivity index (χ2n) is 5.36. The van der Waals surface area contributed by atoms with E-state index in [0.29, 0.717) is 19.1 Å². The molecule has 0 atom stereocenters. The van der Waals surface area contributed by atoms with E-state index >= 15 is 0 Å². The highest BCUT2D eigenvalue weighted by Gasteiger charge is 1.98. The van der Waals surface area contributed by atoms with Crippen molar-refractivity contribution in [3.63, 3.8) is 0 Å². The number of ether oxygens (including phenoxy) is 1. The van der Waals surface area contributed by atoms with Gasteiger partial charge in [-0.05, 0) is 61.7 Å². The smallest absolute Gasteiger partial charge is 0.193 e. The molecule has 2 rings (SSSR count). The predicted molar refractivity (Wildman–Crippen MR) is 108 cm³/mol. The molecule has 124 valence electrons. The Bertz CT molecular complexity index is 671. The van der Waals surface area contributed by atoms with Crippen molar-refractivity contribution in [2.45, 2.75) is 20.8 Å². The van der Waals surface area contributed by atoms with E-state index in [-0.39, 0.29) is 24.0 Å². The van der Waals surface area contributed by atoms with Gasteiger partial charge >= 0.3 is 0 Å². The quantitative estimate of drug-likeness (QED) is 0.329. The van der Waals surface area contributed by atoms with Crippen LogP contribution in [0.15, 0.2) is 47.5 Å². The number of halogens is 1. The summed E-state index contributed by atoms with van der Waals surface area (Å²) >= 11 is 0. The van der Waals surface area contributed by atoms with Crippen LogP contribution in [-0.4, -0.2) is 19.1 Å². The Kier molecular flexibility index (Phi) is 7.88. The molecule has 0 aliphatic heterocycles. The van der Waals surface area contributed by atoms with Crippen LogP contribution in [-0.2, 0) is 0 Å². The molecular weight excluding hydrogens is 401 g/mol. The normalized spacial score (nSPS) is 10.8. The minimum Gasteiger partial charge on any atom is -0.492 e. The monoisotopic (exact) mass is 425 g/mol. The van der Waals surface area contributed by atoms with Crippen LogP contribution in [0.1, 0.15) is 16.7 Å². The number of nitrogens with one attached hydrogen (secondary N) is 1. The summed E-state index contributed by atoms with van der Waals surface area (Å²) in [6, 6.07) is 14.1. The largest absolute Gasteiger partial charge is 0.492 e. The number of hydrogen-bond donors (Lipinski definition) is 2. The van der Waals surface area contributed by atoms with Gasteiger partial charge < -0.3 is 15.8 Å². The van der Waals surface area contributed by atoms with E-state index in [2.05, 4.69) is 36.3 Å². The molecule has 4 nitrogen and oxygen atoms in total. The molecule has 0 saturated heterocycles. The molecular formula is C18H24IN3O. The van der Waals surface area contributed by atoms with E-state index in [9.17, 15) is 0 Å². The summed E-state index contributed by atoms with van der Waals surface area (Å²) in [5.74, 6) is 1.26. The van der Waals surface area contributed by atoms with Crippen molar-refractivity contribution in [1.29, 1.82) is 0 Å². The molecule has 5 heteroatoms. The highest BCUT2D eigenvalue weighted by atomic mass is 127. The summed E-state index contributed by atoms with van der Waals surface area (Å²) in [7, 11) is 0. The first kappa shape index (κ1) is 19.3. The lowest BCUT2D eigenvalue weighted by atomic mass is 10.1. The van der Waals surface area contributed by atoms with Gasteiger partial charge in [0.25, 0.3) is 0 Å². The number of nitrogens with zero attached hydrogens (tertiary/aromatic N) is 1. The fraction of sp³-hybridized carbons (Fsp3) is 0.278. The highest BCUT2D eigenvalue weighted by Crippen LogP contribution is 2.14. The number of rotatable bonds is 5. The van der Waals surface area contributed by atoms with Crippen LogP contribution in [0.25, 0.3) is 0 Å². The van der Waals surface area contributed by atoms with E-state index < -0.39 is 0 Å². The standard InChI is InChI=1S/C18H23N3O.HI/c1-13-5-4-6-17(11-13)22-10-9-20-18(19)21-16-8-7-14(2)15(3)12-16;/h4-8,11-12H,9-10H2,1-3H3,(H3,19,20,21);1H. The van der Waals surface area contributed by atoms with Crippen LogP contribution in [0.2, 0.25) is 0 Å². The third-order valence-corrected chi connectivity index (χ3v) is 3.41. The predicted octanol–water partition coefficient (Wildman–Crippen LogP) is 4.04. The first-order chi connectivity index (χ1) is 10.5. The summed E-state index contributed by atoms with van der Waals surface area (Å²) in [6.45, 7) is 7.20. The molecule has 0 aromatic heterocycles. The molecule has 0 unspecified atom stereocenters. The van der Waals surface area contributed by atoms with Gasteiger partial charge in [-0.25, -0.2) is 4.99 Å². The zero-order chi connectivity index (χ0) is 15.9. The lowest BCUT2D eigenvalue weighted by molar-refractivity contribution is 0.328. The first-order valence-electron chi connectivity index (χ1n) is 7.38. The van der Waals surface area contributed by atoms with Crippen LogP contribution >= 0.6 is 24.0 Å². The zero-order valence-electron chi connectivity index (χ0n) is 13.8. The zero-order valence-corrected chi connectivity index (χ0v) is 16.1. The third kappa shape index (κ3) is 6.48. The van der Waals surface area contributed by atoms with Crippen LogP contribution in [0.4, 0.5) is 5.69 Å². The maximum absolute atomic E-state index is 5.88. The molecule has 23 heavy (non-hydrogen) atoms. The molecule has 2 aromatic carbocycles. The van der Waals surface area contributed by atoms with Crippen LogP contribution in [0, 0.1) is 20.8 Å². The van der Waals surface area contributed by atoms with E-state index in [1.54, 1.807) is 0 Å². The van der Waals surface area contributed by atoms with Crippen molar-refractivity contribution in [2.75, 3.05) is 18.5 Å². The summed E-state index contributed by atoms with van der Waals surface area (Å²) in [4.78, 5) is 4.27. The molecule has 3 N–H and O–H groups in total. The molecule has 2 aromatic rings. The third-order valence-electron chi connectivity index (χ3n) is 3.41. The molecule has 0 radical (unpaired) electrons. The van der Waals surface area contributed by atoms with E-state index in [1.807, 2.05) is 37.3 Å². The Morgan fingerprint density at radius 2 is 1.87 bits per heavy atom. The van der Waals surface area contributed by atoms with Gasteiger partial charge in [0.2, 0.25) is 0 Å². The Hall–Kier alpha value is -1.76. The number of aliphatic imine (C=N–C) groups is 1. The van der Waals surface area contributed by atoms with E-state index in [4.69, 9.17) is 10.5 Å². The molecule has 0 aliphatic carbocycles. The molecule has 0 aliphatic rings. The summed E-state index contributed by atoms with van der Waals surface area (Å²) in [5, 5.41) is 3.09. The summed E-state index contributed by atoms with van der Waals surface area (Å²) < 4.78 is 5.63. The first-order valence-corrected chi connectivity index (χ1v) is 7.38. The van der Waals surface area contributed by atoms with Gasteiger partial charge in [0.15, 0.2) is 5.96 Å². The molecule has 0 heterocycles. The van der Waals surface area contributed by atoms with Crippen molar-refractivity contribution < 1.29 is 4.74 Å². The van der Waals surface area contributed by atoms with Crippen LogP contribution in [0.5, 0.6) is 5.75 Å². The average molecular weight is 425 g/mol.